The van der Waals surface area contributed by atoms with Crippen LogP contribution >= 0.6 is 0 Å². The van der Waals surface area contributed by atoms with Gasteiger partial charge in [0.05, 0.1) is 0 Å². The van der Waals surface area contributed by atoms with Gasteiger partial charge in [-0.1, -0.05) is 107 Å². The molecule has 0 amide bonds. The minimum atomic E-state index is 0.139. The third-order valence-corrected chi connectivity index (χ3v) is 5.39. The normalized spacial score (nSPS) is 14.8. The van der Waals surface area contributed by atoms with Crippen molar-refractivity contribution in [3.63, 3.8) is 0 Å². The maximum atomic E-state index is 4.54. The third-order valence-electron chi connectivity index (χ3n) is 5.39. The molecule has 0 saturated carbocycles. The zero-order valence-corrected chi connectivity index (χ0v) is 15.6. The predicted molar refractivity (Wildman–Crippen MR) is 107 cm³/mol. The van der Waals surface area contributed by atoms with Crippen LogP contribution in [0.2, 0.25) is 0 Å². The van der Waals surface area contributed by atoms with Gasteiger partial charge in [-0.3, -0.25) is 0 Å². The number of rotatable bonds is 9. The van der Waals surface area contributed by atoms with E-state index in [0.29, 0.717) is 5.92 Å². The van der Waals surface area contributed by atoms with Crippen molar-refractivity contribution >= 4 is 5.57 Å². The Morgan fingerprint density at radius 3 is 2.04 bits per heavy atom. The summed E-state index contributed by atoms with van der Waals surface area (Å²) in [6.45, 7) is 11.6. The third kappa shape index (κ3) is 4.17. The zero-order chi connectivity index (χ0) is 17.4. The van der Waals surface area contributed by atoms with Gasteiger partial charge in [0.2, 0.25) is 0 Å². The summed E-state index contributed by atoms with van der Waals surface area (Å²) in [6, 6.07) is 21.8. The van der Waals surface area contributed by atoms with Crippen molar-refractivity contribution in [2.75, 3.05) is 0 Å². The molecule has 128 valence electrons. The van der Waals surface area contributed by atoms with E-state index in [0.717, 1.165) is 0 Å². The molecule has 0 aromatic heterocycles. The number of benzene rings is 2. The summed E-state index contributed by atoms with van der Waals surface area (Å²) < 4.78 is 0. The van der Waals surface area contributed by atoms with Gasteiger partial charge in [-0.25, -0.2) is 0 Å². The molecule has 0 N–H and O–H groups in total. The Hall–Kier alpha value is -1.82. The molecule has 0 spiro atoms. The zero-order valence-electron chi connectivity index (χ0n) is 15.6. The largest absolute Gasteiger partial charge is 0.0949 e. The van der Waals surface area contributed by atoms with E-state index >= 15 is 0 Å². The molecule has 0 aliphatic heterocycles. The molecular weight excluding hydrogens is 288 g/mol. The standard InChI is InChI=1S/C24H32/c1-5-7-19-24(4,22-17-12-9-13-18-22)23(14-6-2)20(3)21-15-10-8-11-16-21/h8-13,15-18,23H,3,5-7,14,19H2,1-2,4H3. The Bertz CT molecular complexity index is 611. The molecule has 0 nitrogen and oxygen atoms in total. The second-order valence-electron chi connectivity index (χ2n) is 7.12. The summed E-state index contributed by atoms with van der Waals surface area (Å²) in [5.74, 6) is 0.471. The molecule has 24 heavy (non-hydrogen) atoms. The van der Waals surface area contributed by atoms with Crippen molar-refractivity contribution in [3.8, 4) is 0 Å². The van der Waals surface area contributed by atoms with Crippen LogP contribution in [0.5, 0.6) is 0 Å². The minimum Gasteiger partial charge on any atom is -0.0949 e. The fourth-order valence-corrected chi connectivity index (χ4v) is 3.90. The topological polar surface area (TPSA) is 0 Å². The van der Waals surface area contributed by atoms with Gasteiger partial charge in [-0.2, -0.15) is 0 Å². The summed E-state index contributed by atoms with van der Waals surface area (Å²) >= 11 is 0. The molecular formula is C24H32. The fraction of sp³-hybridized carbons (Fsp3) is 0.417. The van der Waals surface area contributed by atoms with Crippen molar-refractivity contribution in [1.29, 1.82) is 0 Å². The van der Waals surface area contributed by atoms with Gasteiger partial charge in [-0.15, -0.1) is 0 Å². The van der Waals surface area contributed by atoms with Crippen LogP contribution in [-0.4, -0.2) is 0 Å². The van der Waals surface area contributed by atoms with Crippen molar-refractivity contribution in [1.82, 2.24) is 0 Å². The van der Waals surface area contributed by atoms with Gasteiger partial charge in [0.1, 0.15) is 0 Å². The van der Waals surface area contributed by atoms with Gasteiger partial charge in [0.25, 0.3) is 0 Å². The Morgan fingerprint density at radius 2 is 1.50 bits per heavy atom. The van der Waals surface area contributed by atoms with Crippen LogP contribution in [0.15, 0.2) is 67.2 Å². The summed E-state index contributed by atoms with van der Waals surface area (Å²) in [5.41, 5.74) is 4.17. The Labute approximate surface area is 148 Å². The first-order valence-electron chi connectivity index (χ1n) is 9.43. The van der Waals surface area contributed by atoms with Crippen LogP contribution in [-0.2, 0) is 5.41 Å². The van der Waals surface area contributed by atoms with Crippen LogP contribution in [0.25, 0.3) is 5.57 Å². The molecule has 0 fully saturated rings. The monoisotopic (exact) mass is 320 g/mol. The summed E-state index contributed by atoms with van der Waals surface area (Å²) in [5, 5.41) is 0. The summed E-state index contributed by atoms with van der Waals surface area (Å²) in [7, 11) is 0. The van der Waals surface area contributed by atoms with Crippen molar-refractivity contribution in [3.05, 3.63) is 78.4 Å². The van der Waals surface area contributed by atoms with E-state index in [4.69, 9.17) is 0 Å². The van der Waals surface area contributed by atoms with E-state index in [-0.39, 0.29) is 5.41 Å². The molecule has 0 saturated heterocycles. The summed E-state index contributed by atoms with van der Waals surface area (Å²) in [6.07, 6.45) is 6.07. The maximum absolute atomic E-state index is 4.54. The first-order valence-corrected chi connectivity index (χ1v) is 9.43. The predicted octanol–water partition coefficient (Wildman–Crippen LogP) is 7.26. The van der Waals surface area contributed by atoms with Gasteiger partial charge >= 0.3 is 0 Å². The van der Waals surface area contributed by atoms with E-state index in [2.05, 4.69) is 88.0 Å². The molecule has 2 unspecified atom stereocenters. The highest BCUT2D eigenvalue weighted by Crippen LogP contribution is 2.45. The maximum Gasteiger partial charge on any atom is -0.000666 e. The first-order chi connectivity index (χ1) is 11.6. The Balaban J connectivity index is 2.44. The molecule has 0 bridgehead atoms. The van der Waals surface area contributed by atoms with E-state index in [9.17, 15) is 0 Å². The van der Waals surface area contributed by atoms with Gasteiger partial charge in [0, 0.05) is 0 Å². The van der Waals surface area contributed by atoms with Gasteiger partial charge in [-0.05, 0) is 40.9 Å². The average molecular weight is 321 g/mol. The highest BCUT2D eigenvalue weighted by atomic mass is 14.4. The quantitative estimate of drug-likeness (QED) is 0.456. The van der Waals surface area contributed by atoms with E-state index < -0.39 is 0 Å². The minimum absolute atomic E-state index is 0.139. The van der Waals surface area contributed by atoms with E-state index in [1.54, 1.807) is 0 Å². The number of hydrogen-bond donors (Lipinski definition) is 0. The second kappa shape index (κ2) is 8.87. The van der Waals surface area contributed by atoms with Crippen LogP contribution < -0.4 is 0 Å². The molecule has 2 rings (SSSR count). The lowest BCUT2D eigenvalue weighted by Gasteiger charge is -2.40. The number of hydrogen-bond acceptors (Lipinski definition) is 0. The molecule has 0 heteroatoms. The molecule has 2 atom stereocenters. The number of allylic oxidation sites excluding steroid dienone is 1. The molecule has 2 aromatic carbocycles. The van der Waals surface area contributed by atoms with Crippen molar-refractivity contribution in [2.45, 2.75) is 58.3 Å². The Kier molecular flexibility index (Phi) is 6.85. The highest BCUT2D eigenvalue weighted by Gasteiger charge is 2.36. The highest BCUT2D eigenvalue weighted by molar-refractivity contribution is 5.67. The van der Waals surface area contributed by atoms with Crippen molar-refractivity contribution < 1.29 is 0 Å². The Morgan fingerprint density at radius 1 is 0.917 bits per heavy atom. The smallest absolute Gasteiger partial charge is 0.000666 e. The van der Waals surface area contributed by atoms with Gasteiger partial charge < -0.3 is 0 Å². The van der Waals surface area contributed by atoms with E-state index in [1.165, 1.54) is 48.8 Å². The first kappa shape index (κ1) is 18.5. The van der Waals surface area contributed by atoms with Gasteiger partial charge in [0.15, 0.2) is 0 Å². The summed E-state index contributed by atoms with van der Waals surface area (Å²) in [4.78, 5) is 0. The van der Waals surface area contributed by atoms with Crippen molar-refractivity contribution in [2.24, 2.45) is 5.92 Å². The lowest BCUT2D eigenvalue weighted by molar-refractivity contribution is 0.307. The molecule has 0 aliphatic rings. The average Bonchev–Trinajstić information content (AvgIpc) is 2.65. The van der Waals surface area contributed by atoms with Crippen LogP contribution in [0, 0.1) is 5.92 Å². The van der Waals surface area contributed by atoms with E-state index in [1.807, 2.05) is 0 Å². The molecule has 2 aromatic rings. The fourth-order valence-electron chi connectivity index (χ4n) is 3.90. The molecule has 0 heterocycles. The molecule has 0 radical (unpaired) electrons. The van der Waals surface area contributed by atoms with Crippen LogP contribution in [0.3, 0.4) is 0 Å². The lowest BCUT2D eigenvalue weighted by Crippen LogP contribution is -2.33. The number of unbranched alkanes of at least 4 members (excludes halogenated alkanes) is 1. The lowest BCUT2D eigenvalue weighted by atomic mass is 9.64. The SMILES string of the molecule is C=C(c1ccccc1)C(CCC)C(C)(CCCC)c1ccccc1. The second-order valence-corrected chi connectivity index (χ2v) is 7.12. The van der Waals surface area contributed by atoms with Crippen LogP contribution in [0.1, 0.15) is 64.0 Å². The van der Waals surface area contributed by atoms with Crippen LogP contribution in [0.4, 0.5) is 0 Å². The molecule has 0 aliphatic carbocycles.